The van der Waals surface area contributed by atoms with Gasteiger partial charge in [0.15, 0.2) is 6.20 Å². The summed E-state index contributed by atoms with van der Waals surface area (Å²) < 4.78 is 5.75. The summed E-state index contributed by atoms with van der Waals surface area (Å²) in [6, 6.07) is 15.6. The molecule has 0 saturated carbocycles. The second-order valence-electron chi connectivity index (χ2n) is 7.48. The highest BCUT2D eigenvalue weighted by Crippen LogP contribution is 2.32. The summed E-state index contributed by atoms with van der Waals surface area (Å²) >= 11 is 0. The molecule has 5 heteroatoms. The number of quaternary nitrogens is 1. The number of hydrogen-bond acceptors (Lipinski definition) is 3. The Morgan fingerprint density at radius 1 is 1.10 bits per heavy atom. The summed E-state index contributed by atoms with van der Waals surface area (Å²) in [5, 5.41) is 1.04. The third-order valence-corrected chi connectivity index (χ3v) is 5.75. The Kier molecular flexibility index (Phi) is 5.76. The minimum absolute atomic E-state index is 0.0471. The standard InChI is InChI=1S/C24H27N3O2/c1-3-26-12-14-27(15-13-26)23-20-16-19(29-4-2)10-11-22(20)25-17-21(23)24(28)18-8-6-5-7-9-18/h5-11,16-17H,3-4,12-15H2,1-2H3/p+2. The first-order valence-corrected chi connectivity index (χ1v) is 10.5. The van der Waals surface area contributed by atoms with E-state index < -0.39 is 0 Å². The Morgan fingerprint density at radius 3 is 2.55 bits per heavy atom. The quantitative estimate of drug-likeness (QED) is 0.654. The first-order chi connectivity index (χ1) is 14.2. The second kappa shape index (κ2) is 8.62. The topological polar surface area (TPSA) is 48.1 Å². The number of hydrogen-bond donors (Lipinski definition) is 1. The van der Waals surface area contributed by atoms with Gasteiger partial charge < -0.3 is 14.5 Å². The maximum atomic E-state index is 13.4. The largest absolute Gasteiger partial charge is 0.494 e. The number of ketones is 1. The number of likely N-dealkylation sites (N-methyl/N-ethyl adjacent to an activating group) is 1. The summed E-state index contributed by atoms with van der Waals surface area (Å²) in [5.41, 5.74) is 3.46. The van der Waals surface area contributed by atoms with Gasteiger partial charge in [-0.25, -0.2) is 4.98 Å². The van der Waals surface area contributed by atoms with Crippen molar-refractivity contribution in [2.45, 2.75) is 13.8 Å². The first kappa shape index (κ1) is 19.4. The van der Waals surface area contributed by atoms with Crippen LogP contribution in [-0.4, -0.2) is 45.1 Å². The molecule has 2 heterocycles. The van der Waals surface area contributed by atoms with Crippen molar-refractivity contribution >= 4 is 22.4 Å². The van der Waals surface area contributed by atoms with Crippen molar-refractivity contribution in [3.05, 3.63) is 65.9 Å². The van der Waals surface area contributed by atoms with Crippen molar-refractivity contribution in [1.82, 2.24) is 0 Å². The average Bonchev–Trinajstić information content (AvgIpc) is 2.78. The number of rotatable bonds is 6. The number of aromatic nitrogens is 1. The molecule has 0 bridgehead atoms. The van der Waals surface area contributed by atoms with Gasteiger partial charge in [-0.1, -0.05) is 30.3 Å². The van der Waals surface area contributed by atoms with Crippen LogP contribution in [0.2, 0.25) is 0 Å². The summed E-state index contributed by atoms with van der Waals surface area (Å²) in [6.07, 6.45) is 1.87. The molecule has 29 heavy (non-hydrogen) atoms. The van der Waals surface area contributed by atoms with Crippen LogP contribution < -0.4 is 19.5 Å². The minimum atomic E-state index is 0.0471. The van der Waals surface area contributed by atoms with Crippen LogP contribution >= 0.6 is 0 Å². The number of carbonyl (C=O) groups is 1. The number of fused-ring (bicyclic) bond motifs is 1. The van der Waals surface area contributed by atoms with Crippen LogP contribution in [0, 0.1) is 0 Å². The number of nitrogens with one attached hydrogen (secondary N) is 2. The molecule has 1 aliphatic heterocycles. The predicted octanol–water partition coefficient (Wildman–Crippen LogP) is 2.01. The normalized spacial score (nSPS) is 14.9. The highest BCUT2D eigenvalue weighted by atomic mass is 16.5. The van der Waals surface area contributed by atoms with E-state index in [4.69, 9.17) is 4.74 Å². The number of benzene rings is 2. The van der Waals surface area contributed by atoms with Crippen LogP contribution in [0.25, 0.3) is 10.9 Å². The number of anilines is 1. The molecule has 150 valence electrons. The van der Waals surface area contributed by atoms with Gasteiger partial charge in [0.1, 0.15) is 11.3 Å². The molecule has 1 fully saturated rings. The molecule has 0 atom stereocenters. The Balaban J connectivity index is 1.84. The van der Waals surface area contributed by atoms with E-state index in [1.54, 1.807) is 4.90 Å². The molecule has 0 radical (unpaired) electrons. The van der Waals surface area contributed by atoms with Crippen LogP contribution in [0.5, 0.6) is 5.75 Å². The summed E-state index contributed by atoms with van der Waals surface area (Å²) in [5.74, 6) is 0.877. The molecule has 3 aromatic rings. The number of ether oxygens (including phenoxy) is 1. The van der Waals surface area contributed by atoms with Gasteiger partial charge in [-0.15, -0.1) is 0 Å². The van der Waals surface area contributed by atoms with Crippen LogP contribution in [-0.2, 0) is 0 Å². The van der Waals surface area contributed by atoms with Crippen LogP contribution in [0.1, 0.15) is 29.8 Å². The monoisotopic (exact) mass is 391 g/mol. The van der Waals surface area contributed by atoms with Crippen molar-refractivity contribution in [3.63, 3.8) is 0 Å². The number of pyridine rings is 1. The lowest BCUT2D eigenvalue weighted by atomic mass is 9.99. The molecule has 1 saturated heterocycles. The molecule has 1 aliphatic rings. The smallest absolute Gasteiger partial charge is 0.213 e. The summed E-state index contributed by atoms with van der Waals surface area (Å²) in [7, 11) is 0. The fourth-order valence-electron chi connectivity index (χ4n) is 4.12. The highest BCUT2D eigenvalue weighted by molar-refractivity contribution is 6.15. The number of piperazine rings is 1. The molecule has 0 aliphatic carbocycles. The van der Waals surface area contributed by atoms with E-state index in [1.165, 1.54) is 0 Å². The Labute approximate surface area is 171 Å². The summed E-state index contributed by atoms with van der Waals surface area (Å²) in [4.78, 5) is 20.7. The van der Waals surface area contributed by atoms with Crippen molar-refractivity contribution in [2.24, 2.45) is 0 Å². The van der Waals surface area contributed by atoms with Gasteiger partial charge in [-0.3, -0.25) is 4.79 Å². The fourth-order valence-corrected chi connectivity index (χ4v) is 4.12. The molecule has 4 rings (SSSR count). The molecule has 2 aromatic carbocycles. The molecular formula is C24H29N3O2+2. The highest BCUT2D eigenvalue weighted by Gasteiger charge is 2.28. The van der Waals surface area contributed by atoms with Crippen molar-refractivity contribution < 1.29 is 19.4 Å². The molecule has 0 spiro atoms. The lowest BCUT2D eigenvalue weighted by molar-refractivity contribution is -0.898. The van der Waals surface area contributed by atoms with Gasteiger partial charge in [0.05, 0.1) is 50.4 Å². The Bertz CT molecular complexity index is 996. The maximum Gasteiger partial charge on any atom is 0.213 e. The number of aromatic amines is 1. The van der Waals surface area contributed by atoms with Gasteiger partial charge in [-0.2, -0.15) is 0 Å². The lowest BCUT2D eigenvalue weighted by Gasteiger charge is -2.34. The molecular weight excluding hydrogens is 362 g/mol. The zero-order chi connectivity index (χ0) is 20.2. The van der Waals surface area contributed by atoms with Crippen LogP contribution in [0.15, 0.2) is 54.7 Å². The number of nitrogens with zero attached hydrogens (tertiary/aromatic N) is 1. The molecule has 0 amide bonds. The maximum absolute atomic E-state index is 13.4. The van der Waals surface area contributed by atoms with E-state index in [0.29, 0.717) is 12.2 Å². The molecule has 2 N–H and O–H groups in total. The zero-order valence-electron chi connectivity index (χ0n) is 17.2. The van der Waals surface area contributed by atoms with Gasteiger partial charge in [-0.05, 0) is 26.0 Å². The fraction of sp³-hybridized carbons (Fsp3) is 0.333. The van der Waals surface area contributed by atoms with Crippen molar-refractivity contribution in [3.8, 4) is 5.75 Å². The van der Waals surface area contributed by atoms with Gasteiger partial charge in [0.2, 0.25) is 11.3 Å². The van der Waals surface area contributed by atoms with E-state index >= 15 is 0 Å². The SMILES string of the molecule is CCOc1ccc2[nH+]cc(C(=O)c3ccccc3)c(N3CC[NH+](CC)CC3)c2c1. The van der Waals surface area contributed by atoms with Gasteiger partial charge in [0, 0.05) is 11.6 Å². The predicted molar refractivity (Wildman–Crippen MR) is 115 cm³/mol. The van der Waals surface area contributed by atoms with E-state index in [1.807, 2.05) is 55.6 Å². The molecule has 5 nitrogen and oxygen atoms in total. The average molecular weight is 392 g/mol. The van der Waals surface area contributed by atoms with Crippen LogP contribution in [0.4, 0.5) is 5.69 Å². The van der Waals surface area contributed by atoms with E-state index in [2.05, 4.69) is 22.9 Å². The second-order valence-corrected chi connectivity index (χ2v) is 7.48. The van der Waals surface area contributed by atoms with E-state index in [0.717, 1.165) is 60.6 Å². The van der Waals surface area contributed by atoms with E-state index in [-0.39, 0.29) is 5.78 Å². The third kappa shape index (κ3) is 3.96. The molecule has 0 unspecified atom stereocenters. The lowest BCUT2D eigenvalue weighted by Crippen LogP contribution is -3.14. The zero-order valence-corrected chi connectivity index (χ0v) is 17.2. The van der Waals surface area contributed by atoms with E-state index in [9.17, 15) is 4.79 Å². The van der Waals surface area contributed by atoms with Crippen molar-refractivity contribution in [2.75, 3.05) is 44.2 Å². The number of H-pyrrole nitrogens is 1. The first-order valence-electron chi connectivity index (χ1n) is 10.5. The number of carbonyl (C=O) groups excluding carboxylic acids is 1. The summed E-state index contributed by atoms with van der Waals surface area (Å²) in [6.45, 7) is 10.0. The molecule has 1 aromatic heterocycles. The van der Waals surface area contributed by atoms with Crippen molar-refractivity contribution in [1.29, 1.82) is 0 Å². The Hall–Kier alpha value is -2.92. The van der Waals surface area contributed by atoms with Crippen LogP contribution in [0.3, 0.4) is 0 Å². The van der Waals surface area contributed by atoms with Gasteiger partial charge in [0.25, 0.3) is 0 Å². The van der Waals surface area contributed by atoms with Gasteiger partial charge >= 0.3 is 0 Å². The third-order valence-electron chi connectivity index (χ3n) is 5.75. The minimum Gasteiger partial charge on any atom is -0.494 e. The Morgan fingerprint density at radius 2 is 1.86 bits per heavy atom.